The van der Waals surface area contributed by atoms with Crippen LogP contribution >= 0.6 is 0 Å². The summed E-state index contributed by atoms with van der Waals surface area (Å²) >= 11 is 0. The summed E-state index contributed by atoms with van der Waals surface area (Å²) in [5, 5.41) is 8.43. The normalized spacial score (nSPS) is 11.9. The highest BCUT2D eigenvalue weighted by Crippen LogP contribution is 2.01. The van der Waals surface area contributed by atoms with Crippen molar-refractivity contribution < 1.29 is 9.53 Å². The van der Waals surface area contributed by atoms with E-state index in [1.54, 1.807) is 4.90 Å². The van der Waals surface area contributed by atoms with Gasteiger partial charge in [0.25, 0.3) is 0 Å². The maximum atomic E-state index is 11.7. The molecule has 2 N–H and O–H groups in total. The van der Waals surface area contributed by atoms with Gasteiger partial charge in [0.1, 0.15) is 0 Å². The fourth-order valence-corrected chi connectivity index (χ4v) is 1.23. The van der Waals surface area contributed by atoms with Gasteiger partial charge in [-0.1, -0.05) is 0 Å². The van der Waals surface area contributed by atoms with Crippen molar-refractivity contribution >= 4 is 5.91 Å². The molecule has 1 unspecified atom stereocenters. The number of nitrogens with zero attached hydrogens (tertiary/aromatic N) is 2. The molecule has 1 amide bonds. The van der Waals surface area contributed by atoms with E-state index in [0.29, 0.717) is 26.1 Å². The summed E-state index contributed by atoms with van der Waals surface area (Å²) in [4.78, 5) is 13.3. The van der Waals surface area contributed by atoms with Gasteiger partial charge in [-0.15, -0.1) is 0 Å². The molecule has 0 saturated carbocycles. The lowest BCUT2D eigenvalue weighted by Crippen LogP contribution is -2.36. The van der Waals surface area contributed by atoms with E-state index >= 15 is 0 Å². The largest absolute Gasteiger partial charge is 0.380 e. The molecular weight excluding hydrogens is 194 g/mol. The van der Waals surface area contributed by atoms with Gasteiger partial charge in [-0.05, 0) is 6.92 Å². The minimum Gasteiger partial charge on any atom is -0.380 e. The van der Waals surface area contributed by atoms with Crippen LogP contribution in [-0.2, 0) is 9.53 Å². The predicted molar refractivity (Wildman–Crippen MR) is 57.0 cm³/mol. The molecule has 0 aromatic rings. The minimum atomic E-state index is -0.228. The average molecular weight is 213 g/mol. The summed E-state index contributed by atoms with van der Waals surface area (Å²) in [7, 11) is 1.54. The number of hydrogen-bond donors (Lipinski definition) is 1. The first kappa shape index (κ1) is 13.9. The Morgan fingerprint density at radius 2 is 2.33 bits per heavy atom. The second-order valence-electron chi connectivity index (χ2n) is 3.18. The van der Waals surface area contributed by atoms with E-state index in [1.807, 2.05) is 13.0 Å². The van der Waals surface area contributed by atoms with Crippen LogP contribution < -0.4 is 5.73 Å². The van der Waals surface area contributed by atoms with Crippen molar-refractivity contribution in [2.75, 3.05) is 26.7 Å². The van der Waals surface area contributed by atoms with Crippen molar-refractivity contribution in [1.29, 1.82) is 5.26 Å². The first-order valence-electron chi connectivity index (χ1n) is 5.07. The van der Waals surface area contributed by atoms with Gasteiger partial charge < -0.3 is 15.4 Å². The first-order valence-corrected chi connectivity index (χ1v) is 5.07. The molecule has 0 aliphatic heterocycles. The molecule has 0 bridgehead atoms. The summed E-state index contributed by atoms with van der Waals surface area (Å²) in [5.74, 6) is -0.00921. The SMILES string of the molecule is CCN(CCC#N)C(=O)CC(CN)OC. The van der Waals surface area contributed by atoms with Crippen LogP contribution in [0.25, 0.3) is 0 Å². The van der Waals surface area contributed by atoms with E-state index in [-0.39, 0.29) is 18.4 Å². The lowest BCUT2D eigenvalue weighted by molar-refractivity contribution is -0.133. The van der Waals surface area contributed by atoms with Crippen LogP contribution in [0, 0.1) is 11.3 Å². The van der Waals surface area contributed by atoms with Crippen LogP contribution in [0.3, 0.4) is 0 Å². The minimum absolute atomic E-state index is 0.00921. The first-order chi connectivity index (χ1) is 7.19. The zero-order chi connectivity index (χ0) is 11.7. The Morgan fingerprint density at radius 3 is 2.73 bits per heavy atom. The van der Waals surface area contributed by atoms with E-state index in [9.17, 15) is 4.79 Å². The van der Waals surface area contributed by atoms with Crippen LogP contribution in [0.4, 0.5) is 0 Å². The summed E-state index contributed by atoms with van der Waals surface area (Å²) in [6.45, 7) is 3.31. The molecule has 86 valence electrons. The molecule has 0 radical (unpaired) electrons. The molecule has 1 atom stereocenters. The molecule has 0 fully saturated rings. The molecule has 15 heavy (non-hydrogen) atoms. The second kappa shape index (κ2) is 8.21. The second-order valence-corrected chi connectivity index (χ2v) is 3.18. The maximum absolute atomic E-state index is 11.7. The number of carbonyl (C=O) groups is 1. The quantitative estimate of drug-likeness (QED) is 0.651. The smallest absolute Gasteiger partial charge is 0.225 e. The molecule has 5 nitrogen and oxygen atoms in total. The lowest BCUT2D eigenvalue weighted by atomic mass is 10.2. The Bertz CT molecular complexity index is 221. The Hall–Kier alpha value is -1.12. The third-order valence-electron chi connectivity index (χ3n) is 2.23. The highest BCUT2D eigenvalue weighted by Gasteiger charge is 2.16. The topological polar surface area (TPSA) is 79.4 Å². The number of methoxy groups -OCH3 is 1. The molecule has 0 aliphatic carbocycles. The van der Waals surface area contributed by atoms with Crippen LogP contribution in [0.2, 0.25) is 0 Å². The number of amides is 1. The van der Waals surface area contributed by atoms with Crippen LogP contribution in [0.15, 0.2) is 0 Å². The molecule has 5 heteroatoms. The summed E-state index contributed by atoms with van der Waals surface area (Å²) in [6, 6.07) is 2.02. The molecule has 0 aromatic heterocycles. The third kappa shape index (κ3) is 5.35. The van der Waals surface area contributed by atoms with Crippen molar-refractivity contribution in [3.05, 3.63) is 0 Å². The monoisotopic (exact) mass is 213 g/mol. The zero-order valence-electron chi connectivity index (χ0n) is 9.40. The molecule has 0 aromatic carbocycles. The summed E-state index contributed by atoms with van der Waals surface area (Å²) in [6.07, 6.45) is 0.417. The Morgan fingerprint density at radius 1 is 1.67 bits per heavy atom. The third-order valence-corrected chi connectivity index (χ3v) is 2.23. The van der Waals surface area contributed by atoms with E-state index in [4.69, 9.17) is 15.7 Å². The average Bonchev–Trinajstić information content (AvgIpc) is 2.26. The number of hydrogen-bond acceptors (Lipinski definition) is 4. The number of ether oxygens (including phenoxy) is 1. The van der Waals surface area contributed by atoms with Gasteiger partial charge in [0.15, 0.2) is 0 Å². The number of rotatable bonds is 7. The van der Waals surface area contributed by atoms with E-state index in [2.05, 4.69) is 0 Å². The fraction of sp³-hybridized carbons (Fsp3) is 0.800. The summed E-state index contributed by atoms with van der Waals surface area (Å²) in [5.41, 5.74) is 5.43. The van der Waals surface area contributed by atoms with E-state index in [0.717, 1.165) is 0 Å². The van der Waals surface area contributed by atoms with Crippen molar-refractivity contribution in [3.63, 3.8) is 0 Å². The van der Waals surface area contributed by atoms with Gasteiger partial charge in [-0.25, -0.2) is 0 Å². The molecule has 0 spiro atoms. The molecule has 0 heterocycles. The molecule has 0 saturated heterocycles. The molecular formula is C10H19N3O2. The Labute approximate surface area is 90.8 Å². The summed E-state index contributed by atoms with van der Waals surface area (Å²) < 4.78 is 5.03. The molecule has 0 rings (SSSR count). The zero-order valence-corrected chi connectivity index (χ0v) is 9.40. The highest BCUT2D eigenvalue weighted by atomic mass is 16.5. The number of nitrogens with two attached hydrogens (primary N) is 1. The highest BCUT2D eigenvalue weighted by molar-refractivity contribution is 5.76. The van der Waals surface area contributed by atoms with Gasteiger partial charge in [0, 0.05) is 26.7 Å². The van der Waals surface area contributed by atoms with Gasteiger partial charge in [-0.2, -0.15) is 5.26 Å². The van der Waals surface area contributed by atoms with Crippen molar-refractivity contribution in [3.8, 4) is 6.07 Å². The van der Waals surface area contributed by atoms with E-state index in [1.165, 1.54) is 7.11 Å². The van der Waals surface area contributed by atoms with Crippen LogP contribution in [-0.4, -0.2) is 43.7 Å². The predicted octanol–water partition coefficient (Wildman–Crippen LogP) is 0.112. The fourth-order valence-electron chi connectivity index (χ4n) is 1.23. The van der Waals surface area contributed by atoms with Crippen LogP contribution in [0.1, 0.15) is 19.8 Å². The van der Waals surface area contributed by atoms with Gasteiger partial charge in [0.2, 0.25) is 5.91 Å². The van der Waals surface area contributed by atoms with Gasteiger partial charge in [0.05, 0.1) is 25.0 Å². The van der Waals surface area contributed by atoms with E-state index < -0.39 is 0 Å². The number of nitriles is 1. The van der Waals surface area contributed by atoms with Crippen molar-refractivity contribution in [1.82, 2.24) is 4.90 Å². The Balaban J connectivity index is 4.08. The molecule has 0 aliphatic rings. The van der Waals surface area contributed by atoms with Crippen molar-refractivity contribution in [2.45, 2.75) is 25.9 Å². The number of carbonyl (C=O) groups excluding carboxylic acids is 1. The van der Waals surface area contributed by atoms with Gasteiger partial charge in [-0.3, -0.25) is 4.79 Å². The van der Waals surface area contributed by atoms with Crippen LogP contribution in [0.5, 0.6) is 0 Å². The van der Waals surface area contributed by atoms with Crippen molar-refractivity contribution in [2.24, 2.45) is 5.73 Å². The van der Waals surface area contributed by atoms with Gasteiger partial charge >= 0.3 is 0 Å². The standard InChI is InChI=1S/C10H19N3O2/c1-3-13(6-4-5-11)10(14)7-9(8-12)15-2/h9H,3-4,6-8,12H2,1-2H3. The lowest BCUT2D eigenvalue weighted by Gasteiger charge is -2.21. The Kier molecular flexibility index (Phi) is 7.60. The maximum Gasteiger partial charge on any atom is 0.225 e.